The van der Waals surface area contributed by atoms with Crippen LogP contribution in [0.15, 0.2) is 24.3 Å². The van der Waals surface area contributed by atoms with E-state index >= 15 is 0 Å². The van der Waals surface area contributed by atoms with Gasteiger partial charge in [0.1, 0.15) is 0 Å². The van der Waals surface area contributed by atoms with Crippen LogP contribution in [0.2, 0.25) is 0 Å². The first-order chi connectivity index (χ1) is 14.0. The number of carbonyl (C=O) groups is 2. The van der Waals surface area contributed by atoms with E-state index in [2.05, 4.69) is 24.3 Å². The molecule has 29 heavy (non-hydrogen) atoms. The third-order valence-electron chi connectivity index (χ3n) is 6.76. The van der Waals surface area contributed by atoms with Crippen LogP contribution in [0.1, 0.15) is 43.2 Å². The first-order valence-corrected chi connectivity index (χ1v) is 11.1. The lowest BCUT2D eigenvalue weighted by molar-refractivity contribution is -0.136. The summed E-state index contributed by atoms with van der Waals surface area (Å²) in [7, 11) is 0. The number of hydrogen-bond donors (Lipinski definition) is 1. The number of nitrogens with zero attached hydrogens (tertiary/aromatic N) is 2. The quantitative estimate of drug-likeness (QED) is 0.819. The SMILES string of the molecule is NC1(C(=O)N2CCC(Cc3ccc(CC(=O)N4CCOCC4)cc3)C2)CCCC1. The average molecular weight is 400 g/mol. The Labute approximate surface area is 173 Å². The molecular weight excluding hydrogens is 366 g/mol. The zero-order valence-electron chi connectivity index (χ0n) is 17.3. The number of nitrogens with two attached hydrogens (primary N) is 1. The van der Waals surface area contributed by atoms with Gasteiger partial charge in [0.2, 0.25) is 11.8 Å². The summed E-state index contributed by atoms with van der Waals surface area (Å²) >= 11 is 0. The van der Waals surface area contributed by atoms with E-state index in [1.54, 1.807) is 0 Å². The van der Waals surface area contributed by atoms with Crippen LogP contribution in [0.25, 0.3) is 0 Å². The van der Waals surface area contributed by atoms with Crippen LogP contribution in [-0.4, -0.2) is 66.5 Å². The molecule has 0 radical (unpaired) electrons. The molecule has 4 rings (SSSR count). The van der Waals surface area contributed by atoms with Gasteiger partial charge in [-0.15, -0.1) is 0 Å². The van der Waals surface area contributed by atoms with E-state index in [1.165, 1.54) is 5.56 Å². The molecule has 2 amide bonds. The van der Waals surface area contributed by atoms with E-state index < -0.39 is 5.54 Å². The highest BCUT2D eigenvalue weighted by atomic mass is 16.5. The summed E-state index contributed by atoms with van der Waals surface area (Å²) in [5.41, 5.74) is 8.08. The van der Waals surface area contributed by atoms with Crippen LogP contribution in [-0.2, 0) is 27.2 Å². The van der Waals surface area contributed by atoms with Gasteiger partial charge >= 0.3 is 0 Å². The molecule has 1 atom stereocenters. The van der Waals surface area contributed by atoms with Gasteiger partial charge in [-0.25, -0.2) is 0 Å². The van der Waals surface area contributed by atoms with Crippen molar-refractivity contribution in [2.24, 2.45) is 11.7 Å². The van der Waals surface area contributed by atoms with Crippen molar-refractivity contribution in [1.82, 2.24) is 9.80 Å². The summed E-state index contributed by atoms with van der Waals surface area (Å²) in [4.78, 5) is 29.1. The molecule has 0 spiro atoms. The summed E-state index contributed by atoms with van der Waals surface area (Å²) in [6, 6.07) is 8.40. The topological polar surface area (TPSA) is 75.9 Å². The lowest BCUT2D eigenvalue weighted by atomic mass is 9.96. The highest BCUT2D eigenvalue weighted by Gasteiger charge is 2.41. The van der Waals surface area contributed by atoms with E-state index in [0.717, 1.165) is 57.2 Å². The minimum absolute atomic E-state index is 0.162. The molecule has 2 aliphatic heterocycles. The van der Waals surface area contributed by atoms with E-state index in [9.17, 15) is 9.59 Å². The number of benzene rings is 1. The van der Waals surface area contributed by atoms with Gasteiger partial charge in [0, 0.05) is 26.2 Å². The molecule has 1 aromatic carbocycles. The van der Waals surface area contributed by atoms with Crippen LogP contribution in [0.5, 0.6) is 0 Å². The third-order valence-corrected chi connectivity index (χ3v) is 6.76. The van der Waals surface area contributed by atoms with Crippen LogP contribution >= 0.6 is 0 Å². The van der Waals surface area contributed by atoms with Gasteiger partial charge < -0.3 is 20.3 Å². The van der Waals surface area contributed by atoms with Crippen molar-refractivity contribution in [2.45, 2.75) is 50.5 Å². The molecule has 1 aromatic rings. The fraction of sp³-hybridized carbons (Fsp3) is 0.652. The highest BCUT2D eigenvalue weighted by Crippen LogP contribution is 2.31. The summed E-state index contributed by atoms with van der Waals surface area (Å²) in [6.45, 7) is 4.30. The highest BCUT2D eigenvalue weighted by molar-refractivity contribution is 5.86. The lowest BCUT2D eigenvalue weighted by Gasteiger charge is -2.28. The third kappa shape index (κ3) is 4.81. The molecule has 3 fully saturated rings. The van der Waals surface area contributed by atoms with Crippen LogP contribution in [0.4, 0.5) is 0 Å². The molecule has 0 aromatic heterocycles. The van der Waals surface area contributed by atoms with Gasteiger partial charge in [-0.05, 0) is 42.7 Å². The number of rotatable bonds is 5. The predicted octanol–water partition coefficient (Wildman–Crippen LogP) is 1.75. The van der Waals surface area contributed by atoms with E-state index in [0.29, 0.717) is 38.6 Å². The maximum absolute atomic E-state index is 12.8. The van der Waals surface area contributed by atoms with Crippen LogP contribution in [0, 0.1) is 5.92 Å². The van der Waals surface area contributed by atoms with Crippen molar-refractivity contribution >= 4 is 11.8 Å². The summed E-state index contributed by atoms with van der Waals surface area (Å²) in [6.07, 6.45) is 6.26. The smallest absolute Gasteiger partial charge is 0.242 e. The number of morpholine rings is 1. The standard InChI is InChI=1S/C23H33N3O3/c24-23(8-1-2-9-23)22(28)26-10-7-20(17-26)15-18-3-5-19(6-4-18)16-21(27)25-11-13-29-14-12-25/h3-6,20H,1-2,7-17,24H2. The maximum atomic E-state index is 12.8. The Kier molecular flexibility index (Phi) is 6.20. The number of hydrogen-bond acceptors (Lipinski definition) is 4. The van der Waals surface area contributed by atoms with Gasteiger partial charge in [0.15, 0.2) is 0 Å². The molecule has 0 bridgehead atoms. The first-order valence-electron chi connectivity index (χ1n) is 11.1. The molecule has 1 unspecified atom stereocenters. The molecule has 158 valence electrons. The maximum Gasteiger partial charge on any atom is 0.242 e. The molecule has 6 nitrogen and oxygen atoms in total. The molecular formula is C23H33N3O3. The summed E-state index contributed by atoms with van der Waals surface area (Å²) < 4.78 is 5.31. The second kappa shape index (κ2) is 8.84. The molecule has 2 saturated heterocycles. The molecule has 6 heteroatoms. The van der Waals surface area contributed by atoms with E-state index in [1.807, 2.05) is 9.80 Å². The number of likely N-dealkylation sites (tertiary alicyclic amines) is 1. The number of amides is 2. The van der Waals surface area contributed by atoms with E-state index in [-0.39, 0.29) is 11.8 Å². The second-order valence-corrected chi connectivity index (χ2v) is 8.96. The van der Waals surface area contributed by atoms with Crippen molar-refractivity contribution in [3.05, 3.63) is 35.4 Å². The lowest BCUT2D eigenvalue weighted by Crippen LogP contribution is -2.52. The average Bonchev–Trinajstić information content (AvgIpc) is 3.39. The monoisotopic (exact) mass is 399 g/mol. The van der Waals surface area contributed by atoms with Crippen molar-refractivity contribution in [3.63, 3.8) is 0 Å². The van der Waals surface area contributed by atoms with E-state index in [4.69, 9.17) is 10.5 Å². The van der Waals surface area contributed by atoms with Crippen molar-refractivity contribution in [1.29, 1.82) is 0 Å². The second-order valence-electron chi connectivity index (χ2n) is 8.96. The normalized spacial score (nSPS) is 24.1. The van der Waals surface area contributed by atoms with Gasteiger partial charge in [-0.3, -0.25) is 9.59 Å². The fourth-order valence-corrected chi connectivity index (χ4v) is 4.94. The van der Waals surface area contributed by atoms with Gasteiger partial charge in [0.25, 0.3) is 0 Å². The zero-order chi connectivity index (χ0) is 20.3. The fourth-order valence-electron chi connectivity index (χ4n) is 4.94. The number of ether oxygens (including phenoxy) is 1. The Bertz CT molecular complexity index is 721. The summed E-state index contributed by atoms with van der Waals surface area (Å²) in [5.74, 6) is 0.827. The Hall–Kier alpha value is -1.92. The minimum Gasteiger partial charge on any atom is -0.378 e. The van der Waals surface area contributed by atoms with Crippen molar-refractivity contribution in [2.75, 3.05) is 39.4 Å². The Morgan fingerprint density at radius 3 is 2.34 bits per heavy atom. The number of carbonyl (C=O) groups excluding carboxylic acids is 2. The van der Waals surface area contributed by atoms with Crippen LogP contribution < -0.4 is 5.73 Å². The van der Waals surface area contributed by atoms with Gasteiger partial charge in [0.05, 0.1) is 25.2 Å². The van der Waals surface area contributed by atoms with Crippen molar-refractivity contribution in [3.8, 4) is 0 Å². The zero-order valence-corrected chi connectivity index (χ0v) is 17.3. The largest absolute Gasteiger partial charge is 0.378 e. The Balaban J connectivity index is 1.27. The Morgan fingerprint density at radius 2 is 1.66 bits per heavy atom. The minimum atomic E-state index is -0.608. The summed E-state index contributed by atoms with van der Waals surface area (Å²) in [5, 5.41) is 0. The molecule has 1 saturated carbocycles. The van der Waals surface area contributed by atoms with Crippen molar-refractivity contribution < 1.29 is 14.3 Å². The molecule has 3 aliphatic rings. The molecule has 2 heterocycles. The van der Waals surface area contributed by atoms with Gasteiger partial charge in [-0.1, -0.05) is 37.1 Å². The van der Waals surface area contributed by atoms with Crippen LogP contribution in [0.3, 0.4) is 0 Å². The molecule has 2 N–H and O–H groups in total. The molecule has 1 aliphatic carbocycles. The first kappa shape index (κ1) is 20.4. The predicted molar refractivity (Wildman–Crippen MR) is 111 cm³/mol. The Morgan fingerprint density at radius 1 is 1.00 bits per heavy atom. The van der Waals surface area contributed by atoms with Gasteiger partial charge in [-0.2, -0.15) is 0 Å².